The van der Waals surface area contributed by atoms with Crippen LogP contribution in [0, 0.1) is 20.2 Å². The first-order valence-electron chi connectivity index (χ1n) is 10.6. The molecule has 0 amide bonds. The number of hydrogen-bond acceptors (Lipinski definition) is 8. The Hall–Kier alpha value is -3.58. The fourth-order valence-electron chi connectivity index (χ4n) is 2.84. The Bertz CT molecular complexity index is 1410. The summed E-state index contributed by atoms with van der Waals surface area (Å²) in [6.45, 7) is 0. The van der Waals surface area contributed by atoms with Crippen molar-refractivity contribution in [3.8, 4) is 0 Å². The summed E-state index contributed by atoms with van der Waals surface area (Å²) in [6.07, 6.45) is 6.36. The van der Waals surface area contributed by atoms with E-state index in [-0.39, 0.29) is 22.9 Å². The molecule has 4 rings (SSSR count). The molecule has 12 heteroatoms. The van der Waals surface area contributed by atoms with Crippen molar-refractivity contribution in [3.63, 3.8) is 0 Å². The smallest absolute Gasteiger partial charge is 0.269 e. The van der Waals surface area contributed by atoms with Crippen LogP contribution in [-0.4, -0.2) is 21.4 Å². The summed E-state index contributed by atoms with van der Waals surface area (Å²) >= 11 is 9.72. The minimum atomic E-state index is -0.493. The number of benzene rings is 2. The highest BCUT2D eigenvalue weighted by Gasteiger charge is 2.08. The Labute approximate surface area is 241 Å². The minimum absolute atomic E-state index is 0.0253. The van der Waals surface area contributed by atoms with Crippen molar-refractivity contribution < 1.29 is 19.4 Å². The molecule has 2 heterocycles. The van der Waals surface area contributed by atoms with E-state index in [2.05, 4.69) is 31.9 Å². The van der Waals surface area contributed by atoms with Crippen molar-refractivity contribution >= 4 is 89.6 Å². The highest BCUT2D eigenvalue weighted by atomic mass is 79.9. The maximum Gasteiger partial charge on any atom is 0.269 e. The first-order valence-corrected chi connectivity index (χ1v) is 13.8. The van der Waals surface area contributed by atoms with Gasteiger partial charge in [0, 0.05) is 45.1 Å². The molecule has 0 fully saturated rings. The number of nitrogens with zero attached hydrogens (tertiary/aromatic N) is 2. The van der Waals surface area contributed by atoms with Crippen LogP contribution in [0.25, 0.3) is 12.2 Å². The minimum Gasteiger partial charge on any atom is -0.289 e. The zero-order valence-corrected chi connectivity index (χ0v) is 24.0. The number of carbonyl (C=O) groups excluding carboxylic acids is 2. The van der Waals surface area contributed by atoms with Crippen LogP contribution in [0.15, 0.2) is 92.5 Å². The summed E-state index contributed by atoms with van der Waals surface area (Å²) in [6, 6.07) is 18.7. The Balaban J connectivity index is 0.000000211. The monoisotopic (exact) mass is 674 g/mol. The van der Waals surface area contributed by atoms with Crippen LogP contribution in [0.3, 0.4) is 0 Å². The van der Waals surface area contributed by atoms with Crippen LogP contribution >= 0.6 is 54.5 Å². The van der Waals surface area contributed by atoms with Crippen LogP contribution in [0.5, 0.6) is 0 Å². The van der Waals surface area contributed by atoms with Gasteiger partial charge in [-0.05, 0) is 105 Å². The standard InChI is InChI=1S/2C13H8BrNO3S/c2*14-13-8-6-11(19-13)5-7-12(16)9-1-3-10(4-2-9)15(17)18/h2*1-8H/b2*7-5+. The summed E-state index contributed by atoms with van der Waals surface area (Å²) < 4.78 is 1.99. The van der Waals surface area contributed by atoms with Gasteiger partial charge >= 0.3 is 0 Å². The molecule has 8 nitrogen and oxygen atoms in total. The molecule has 0 saturated heterocycles. The van der Waals surface area contributed by atoms with Crippen LogP contribution in [0.4, 0.5) is 11.4 Å². The molecule has 0 spiro atoms. The van der Waals surface area contributed by atoms with Gasteiger partial charge in [0.05, 0.1) is 17.4 Å². The van der Waals surface area contributed by atoms with Crippen molar-refractivity contribution in [1.82, 2.24) is 0 Å². The fourth-order valence-corrected chi connectivity index (χ4v) is 5.49. The first-order chi connectivity index (χ1) is 18.1. The number of nitro benzene ring substituents is 2. The number of carbonyl (C=O) groups is 2. The summed E-state index contributed by atoms with van der Waals surface area (Å²) in [7, 11) is 0. The largest absolute Gasteiger partial charge is 0.289 e. The number of allylic oxidation sites excluding steroid dienone is 2. The van der Waals surface area contributed by atoms with Gasteiger partial charge in [-0.1, -0.05) is 0 Å². The molecule has 0 atom stereocenters. The van der Waals surface area contributed by atoms with Crippen LogP contribution in [-0.2, 0) is 0 Å². The maximum atomic E-state index is 11.8. The third-order valence-corrected chi connectivity index (χ3v) is 7.89. The van der Waals surface area contributed by atoms with E-state index < -0.39 is 9.85 Å². The number of ketones is 2. The Morgan fingerprint density at radius 1 is 0.605 bits per heavy atom. The van der Waals surface area contributed by atoms with Gasteiger partial charge in [0.2, 0.25) is 0 Å². The molecule has 0 aliphatic carbocycles. The number of thiophene rings is 2. The van der Waals surface area contributed by atoms with Gasteiger partial charge in [0.15, 0.2) is 11.6 Å². The molecule has 2 aromatic heterocycles. The van der Waals surface area contributed by atoms with E-state index in [1.165, 1.54) is 83.4 Å². The second-order valence-corrected chi connectivity index (χ2v) is 12.3. The average Bonchev–Trinajstić information content (AvgIpc) is 3.53. The predicted octanol–water partition coefficient (Wildman–Crippen LogP) is 8.63. The highest BCUT2D eigenvalue weighted by Crippen LogP contribution is 2.24. The van der Waals surface area contributed by atoms with Crippen molar-refractivity contribution in [2.24, 2.45) is 0 Å². The summed E-state index contributed by atoms with van der Waals surface area (Å²) in [5.74, 6) is -0.362. The van der Waals surface area contributed by atoms with E-state index >= 15 is 0 Å². The Kier molecular flexibility index (Phi) is 10.5. The number of rotatable bonds is 8. The van der Waals surface area contributed by atoms with Crippen molar-refractivity contribution in [3.05, 3.63) is 134 Å². The molecule has 0 unspecified atom stereocenters. The van der Waals surface area contributed by atoms with Crippen molar-refractivity contribution in [2.45, 2.75) is 0 Å². The second kappa shape index (κ2) is 13.8. The molecule has 38 heavy (non-hydrogen) atoms. The van der Waals surface area contributed by atoms with Gasteiger partial charge < -0.3 is 0 Å². The van der Waals surface area contributed by atoms with E-state index in [0.29, 0.717) is 11.1 Å². The highest BCUT2D eigenvalue weighted by molar-refractivity contribution is 9.11. The molecule has 0 bridgehead atoms. The molecule has 192 valence electrons. The lowest BCUT2D eigenvalue weighted by atomic mass is 10.1. The van der Waals surface area contributed by atoms with Gasteiger partial charge in [-0.3, -0.25) is 29.8 Å². The van der Waals surface area contributed by atoms with Gasteiger partial charge in [0.1, 0.15) is 0 Å². The van der Waals surface area contributed by atoms with Crippen LogP contribution in [0.2, 0.25) is 0 Å². The van der Waals surface area contributed by atoms with Crippen molar-refractivity contribution in [2.75, 3.05) is 0 Å². The van der Waals surface area contributed by atoms with E-state index in [1.807, 2.05) is 24.3 Å². The summed E-state index contributed by atoms with van der Waals surface area (Å²) in [5.41, 5.74) is 0.806. The third-order valence-electron chi connectivity index (χ3n) is 4.71. The van der Waals surface area contributed by atoms with Crippen LogP contribution < -0.4 is 0 Å². The van der Waals surface area contributed by atoms with Gasteiger partial charge in [-0.25, -0.2) is 0 Å². The number of non-ortho nitro benzene ring substituents is 2. The van der Waals surface area contributed by atoms with E-state index in [4.69, 9.17) is 0 Å². The second-order valence-electron chi connectivity index (χ2n) is 7.29. The zero-order chi connectivity index (χ0) is 27.7. The molecule has 0 aliphatic heterocycles. The summed E-state index contributed by atoms with van der Waals surface area (Å²) in [5, 5.41) is 21.0. The Morgan fingerprint density at radius 3 is 1.21 bits per heavy atom. The summed E-state index contributed by atoms with van der Waals surface area (Å²) in [4.78, 5) is 45.6. The normalized spacial score (nSPS) is 10.8. The quantitative estimate of drug-likeness (QED) is 0.0798. The van der Waals surface area contributed by atoms with E-state index in [0.717, 1.165) is 17.3 Å². The molecule has 0 aliphatic rings. The molecule has 4 aromatic rings. The van der Waals surface area contributed by atoms with E-state index in [1.54, 1.807) is 12.2 Å². The molecule has 0 saturated carbocycles. The van der Waals surface area contributed by atoms with Gasteiger partial charge in [-0.15, -0.1) is 22.7 Å². The molecular formula is C26H16Br2N2O6S2. The molecule has 0 radical (unpaired) electrons. The predicted molar refractivity (Wildman–Crippen MR) is 157 cm³/mol. The molecule has 0 N–H and O–H groups in total. The zero-order valence-electron chi connectivity index (χ0n) is 19.2. The molecular weight excluding hydrogens is 660 g/mol. The number of halogens is 2. The van der Waals surface area contributed by atoms with Crippen LogP contribution in [0.1, 0.15) is 30.5 Å². The fraction of sp³-hybridized carbons (Fsp3) is 0. The van der Waals surface area contributed by atoms with Crippen molar-refractivity contribution in [1.29, 1.82) is 0 Å². The lowest BCUT2D eigenvalue weighted by molar-refractivity contribution is -0.385. The average molecular weight is 676 g/mol. The lowest BCUT2D eigenvalue weighted by Gasteiger charge is -1.95. The topological polar surface area (TPSA) is 120 Å². The first kappa shape index (κ1) is 29.0. The SMILES string of the molecule is O=C(/C=C/c1ccc(Br)s1)c1ccc([N+](=O)[O-])cc1.O=C(/C=C/c1ccc(Br)s1)c1ccc([N+](=O)[O-])cc1. The lowest BCUT2D eigenvalue weighted by Crippen LogP contribution is -1.94. The van der Waals surface area contributed by atoms with Gasteiger partial charge in [-0.2, -0.15) is 0 Å². The number of hydrogen-bond donors (Lipinski definition) is 0. The van der Waals surface area contributed by atoms with E-state index in [9.17, 15) is 29.8 Å². The Morgan fingerprint density at radius 2 is 0.947 bits per heavy atom. The number of nitro groups is 2. The van der Waals surface area contributed by atoms with Gasteiger partial charge in [0.25, 0.3) is 11.4 Å². The third kappa shape index (κ3) is 8.77. The molecule has 2 aromatic carbocycles. The maximum absolute atomic E-state index is 11.8.